The SMILES string of the molecule is COC(=O)CCS(=O)(=O)N1CCCC1(C)C(=O)O. The molecule has 1 heterocycles. The van der Waals surface area contributed by atoms with Crippen molar-refractivity contribution >= 4 is 22.0 Å². The standard InChI is InChI=1S/C10H17NO6S/c1-10(9(13)14)5-3-6-11(10)18(15,16)7-4-8(12)17-2/h3-7H2,1-2H3,(H,13,14). The van der Waals surface area contributed by atoms with Gasteiger partial charge in [-0.1, -0.05) is 0 Å². The quantitative estimate of drug-likeness (QED) is 0.700. The Bertz CT molecular complexity index is 445. The van der Waals surface area contributed by atoms with Gasteiger partial charge in [0.25, 0.3) is 0 Å². The molecule has 0 aromatic heterocycles. The highest BCUT2D eigenvalue weighted by Gasteiger charge is 2.49. The number of carbonyl (C=O) groups is 2. The molecule has 0 amide bonds. The topological polar surface area (TPSA) is 101 Å². The van der Waals surface area contributed by atoms with E-state index in [0.29, 0.717) is 6.42 Å². The van der Waals surface area contributed by atoms with Crippen molar-refractivity contribution in [1.82, 2.24) is 4.31 Å². The molecular formula is C10H17NO6S. The monoisotopic (exact) mass is 279 g/mol. The van der Waals surface area contributed by atoms with Crippen LogP contribution < -0.4 is 0 Å². The van der Waals surface area contributed by atoms with Crippen molar-refractivity contribution in [2.45, 2.75) is 31.7 Å². The van der Waals surface area contributed by atoms with E-state index in [4.69, 9.17) is 5.11 Å². The summed E-state index contributed by atoms with van der Waals surface area (Å²) in [5.74, 6) is -2.22. The van der Waals surface area contributed by atoms with Crippen molar-refractivity contribution in [3.8, 4) is 0 Å². The van der Waals surface area contributed by atoms with E-state index in [2.05, 4.69) is 4.74 Å². The normalized spacial score (nSPS) is 25.0. The number of carboxylic acids is 1. The Labute approximate surface area is 106 Å². The Kier molecular flexibility index (Phi) is 4.33. The minimum absolute atomic E-state index is 0.173. The maximum Gasteiger partial charge on any atom is 0.324 e. The van der Waals surface area contributed by atoms with Crippen molar-refractivity contribution in [2.75, 3.05) is 19.4 Å². The Balaban J connectivity index is 2.85. The van der Waals surface area contributed by atoms with Gasteiger partial charge in [-0.3, -0.25) is 9.59 Å². The second-order valence-electron chi connectivity index (χ2n) is 4.40. The van der Waals surface area contributed by atoms with Crippen molar-refractivity contribution in [3.63, 3.8) is 0 Å². The molecule has 1 saturated heterocycles. The molecule has 0 saturated carbocycles. The van der Waals surface area contributed by atoms with E-state index in [1.807, 2.05) is 0 Å². The summed E-state index contributed by atoms with van der Waals surface area (Å²) in [5.41, 5.74) is -1.41. The van der Waals surface area contributed by atoms with Crippen LogP contribution in [0.15, 0.2) is 0 Å². The molecular weight excluding hydrogens is 262 g/mol. The van der Waals surface area contributed by atoms with Crippen molar-refractivity contribution in [3.05, 3.63) is 0 Å². The molecule has 0 aromatic rings. The van der Waals surface area contributed by atoms with E-state index in [1.165, 1.54) is 14.0 Å². The lowest BCUT2D eigenvalue weighted by atomic mass is 10.0. The summed E-state index contributed by atoms with van der Waals surface area (Å²) < 4.78 is 29.4. The molecule has 1 atom stereocenters. The number of carboxylic acid groups (broad SMARTS) is 1. The third kappa shape index (κ3) is 2.81. The zero-order chi connectivity index (χ0) is 14.0. The lowest BCUT2D eigenvalue weighted by Gasteiger charge is -2.30. The number of hydrogen-bond acceptors (Lipinski definition) is 5. The van der Waals surface area contributed by atoms with Crippen LogP contribution in [0.25, 0.3) is 0 Å². The summed E-state index contributed by atoms with van der Waals surface area (Å²) in [6.07, 6.45) is 0.505. The van der Waals surface area contributed by atoms with Gasteiger partial charge < -0.3 is 9.84 Å². The molecule has 1 aliphatic heterocycles. The predicted octanol–water partition coefficient (Wildman–Crippen LogP) is -0.182. The van der Waals surface area contributed by atoms with E-state index >= 15 is 0 Å². The van der Waals surface area contributed by atoms with Gasteiger partial charge in [0.1, 0.15) is 5.54 Å². The van der Waals surface area contributed by atoms with Crippen LogP contribution in [0.4, 0.5) is 0 Å². The first-order valence-corrected chi connectivity index (χ1v) is 7.15. The van der Waals surface area contributed by atoms with Crippen molar-refractivity contribution < 1.29 is 27.9 Å². The molecule has 0 radical (unpaired) electrons. The van der Waals surface area contributed by atoms with Crippen LogP contribution in [-0.2, 0) is 24.3 Å². The van der Waals surface area contributed by atoms with Gasteiger partial charge in [-0.25, -0.2) is 8.42 Å². The van der Waals surface area contributed by atoms with E-state index in [1.54, 1.807) is 0 Å². The lowest BCUT2D eigenvalue weighted by Crippen LogP contribution is -2.51. The molecule has 1 aliphatic rings. The van der Waals surface area contributed by atoms with Gasteiger partial charge in [0.15, 0.2) is 0 Å². The predicted molar refractivity (Wildman–Crippen MR) is 62.4 cm³/mol. The molecule has 1 fully saturated rings. The maximum atomic E-state index is 12.0. The summed E-state index contributed by atoms with van der Waals surface area (Å²) in [4.78, 5) is 22.1. The average molecular weight is 279 g/mol. The highest BCUT2D eigenvalue weighted by Crippen LogP contribution is 2.32. The van der Waals surface area contributed by atoms with Crippen molar-refractivity contribution in [2.24, 2.45) is 0 Å². The van der Waals surface area contributed by atoms with Gasteiger partial charge in [-0.15, -0.1) is 0 Å². The van der Waals surface area contributed by atoms with E-state index in [-0.39, 0.29) is 19.4 Å². The van der Waals surface area contributed by atoms with Gasteiger partial charge in [0.05, 0.1) is 19.3 Å². The van der Waals surface area contributed by atoms with Gasteiger partial charge in [0.2, 0.25) is 10.0 Å². The van der Waals surface area contributed by atoms with Crippen LogP contribution in [0.1, 0.15) is 26.2 Å². The number of sulfonamides is 1. The largest absolute Gasteiger partial charge is 0.480 e. The van der Waals surface area contributed by atoms with Crippen molar-refractivity contribution in [1.29, 1.82) is 0 Å². The highest BCUT2D eigenvalue weighted by atomic mass is 32.2. The molecule has 0 spiro atoms. The fourth-order valence-corrected chi connectivity index (χ4v) is 3.86. The number of nitrogens with zero attached hydrogens (tertiary/aromatic N) is 1. The number of ether oxygens (including phenoxy) is 1. The Hall–Kier alpha value is -1.15. The van der Waals surface area contributed by atoms with Crippen LogP contribution in [0.5, 0.6) is 0 Å². The van der Waals surface area contributed by atoms with E-state index < -0.39 is 33.3 Å². The zero-order valence-corrected chi connectivity index (χ0v) is 11.2. The molecule has 0 aromatic carbocycles. The second-order valence-corrected chi connectivity index (χ2v) is 6.41. The summed E-state index contributed by atoms with van der Waals surface area (Å²) >= 11 is 0. The first kappa shape index (κ1) is 14.9. The third-order valence-electron chi connectivity index (χ3n) is 3.16. The summed E-state index contributed by atoms with van der Waals surface area (Å²) in [5, 5.41) is 9.13. The zero-order valence-electron chi connectivity index (χ0n) is 10.4. The summed E-state index contributed by atoms with van der Waals surface area (Å²) in [6.45, 7) is 1.56. The molecule has 8 heteroatoms. The van der Waals surface area contributed by atoms with Gasteiger partial charge >= 0.3 is 11.9 Å². The fraction of sp³-hybridized carbons (Fsp3) is 0.800. The first-order chi connectivity index (χ1) is 8.24. The van der Waals surface area contributed by atoms with E-state index in [0.717, 1.165) is 4.31 Å². The molecule has 104 valence electrons. The minimum Gasteiger partial charge on any atom is -0.480 e. The number of hydrogen-bond donors (Lipinski definition) is 1. The molecule has 1 unspecified atom stereocenters. The average Bonchev–Trinajstić information content (AvgIpc) is 2.70. The van der Waals surface area contributed by atoms with Crippen LogP contribution >= 0.6 is 0 Å². The molecule has 7 nitrogen and oxygen atoms in total. The summed E-state index contributed by atoms with van der Waals surface area (Å²) in [6, 6.07) is 0. The highest BCUT2D eigenvalue weighted by molar-refractivity contribution is 7.89. The lowest BCUT2D eigenvalue weighted by molar-refractivity contribution is -0.146. The number of esters is 1. The fourth-order valence-electron chi connectivity index (χ4n) is 2.02. The number of aliphatic carboxylic acids is 1. The smallest absolute Gasteiger partial charge is 0.324 e. The van der Waals surface area contributed by atoms with Crippen LogP contribution in [-0.4, -0.2) is 54.7 Å². The van der Waals surface area contributed by atoms with Crippen LogP contribution in [0.2, 0.25) is 0 Å². The van der Waals surface area contributed by atoms with Gasteiger partial charge in [-0.2, -0.15) is 4.31 Å². The maximum absolute atomic E-state index is 12.0. The Morgan fingerprint density at radius 2 is 2.06 bits per heavy atom. The molecule has 1 rings (SSSR count). The van der Waals surface area contributed by atoms with Gasteiger partial charge in [0, 0.05) is 6.54 Å². The summed E-state index contributed by atoms with van der Waals surface area (Å²) in [7, 11) is -2.59. The molecule has 0 aliphatic carbocycles. The molecule has 1 N–H and O–H groups in total. The Morgan fingerprint density at radius 3 is 2.56 bits per heavy atom. The number of carbonyl (C=O) groups excluding carboxylic acids is 1. The molecule has 18 heavy (non-hydrogen) atoms. The minimum atomic E-state index is -3.77. The van der Waals surface area contributed by atoms with Crippen LogP contribution in [0, 0.1) is 0 Å². The van der Waals surface area contributed by atoms with Gasteiger partial charge in [-0.05, 0) is 19.8 Å². The number of rotatable bonds is 5. The Morgan fingerprint density at radius 1 is 1.44 bits per heavy atom. The third-order valence-corrected chi connectivity index (χ3v) is 5.14. The van der Waals surface area contributed by atoms with Crippen LogP contribution in [0.3, 0.4) is 0 Å². The first-order valence-electron chi connectivity index (χ1n) is 5.55. The number of methoxy groups -OCH3 is 1. The van der Waals surface area contributed by atoms with E-state index in [9.17, 15) is 18.0 Å². The molecule has 0 bridgehead atoms. The second kappa shape index (κ2) is 5.23.